The molecule has 3 N–H and O–H groups in total. The van der Waals surface area contributed by atoms with Gasteiger partial charge in [-0.05, 0) is 30.4 Å². The molecule has 2 atom stereocenters. The molecule has 1 heterocycles. The van der Waals surface area contributed by atoms with E-state index in [1.807, 2.05) is 36.1 Å². The normalized spacial score (nSPS) is 18.5. The molecule has 0 bridgehead atoms. The summed E-state index contributed by atoms with van der Waals surface area (Å²) in [6.45, 7) is 4.16. The number of para-hydroxylation sites is 1. The fourth-order valence-corrected chi connectivity index (χ4v) is 3.33. The van der Waals surface area contributed by atoms with Gasteiger partial charge in [-0.25, -0.2) is 0 Å². The van der Waals surface area contributed by atoms with E-state index >= 15 is 0 Å². The van der Waals surface area contributed by atoms with E-state index in [2.05, 4.69) is 5.32 Å². The number of hydrogen-bond donors (Lipinski definition) is 2. The number of methoxy groups -OCH3 is 1. The lowest BCUT2D eigenvalue weighted by Crippen LogP contribution is -2.46. The summed E-state index contributed by atoms with van der Waals surface area (Å²) >= 11 is 0. The van der Waals surface area contributed by atoms with Crippen molar-refractivity contribution in [3.63, 3.8) is 0 Å². The molecule has 25 heavy (non-hydrogen) atoms. The lowest BCUT2D eigenvalue weighted by atomic mass is 9.93. The Morgan fingerprint density at radius 3 is 2.88 bits per heavy atom. The molecule has 1 aliphatic rings. The van der Waals surface area contributed by atoms with Gasteiger partial charge in [0.2, 0.25) is 11.8 Å². The van der Waals surface area contributed by atoms with Gasteiger partial charge in [0.1, 0.15) is 5.75 Å². The smallest absolute Gasteiger partial charge is 0.224 e. The minimum Gasteiger partial charge on any atom is -0.496 e. The Kier molecular flexibility index (Phi) is 7.25. The van der Waals surface area contributed by atoms with E-state index in [4.69, 9.17) is 10.5 Å². The topological polar surface area (TPSA) is 84.7 Å². The number of benzene rings is 1. The first kappa shape index (κ1) is 19.2. The number of carbonyl (C=O) groups excluding carboxylic acids is 2. The van der Waals surface area contributed by atoms with E-state index in [0.717, 1.165) is 30.7 Å². The molecule has 138 valence electrons. The Balaban J connectivity index is 1.94. The van der Waals surface area contributed by atoms with Crippen molar-refractivity contribution in [2.24, 2.45) is 11.7 Å². The number of ether oxygens (including phenoxy) is 1. The van der Waals surface area contributed by atoms with Crippen molar-refractivity contribution in [3.05, 3.63) is 29.8 Å². The van der Waals surface area contributed by atoms with Gasteiger partial charge in [0.05, 0.1) is 13.0 Å². The molecule has 6 nitrogen and oxygen atoms in total. The molecule has 0 aliphatic carbocycles. The zero-order valence-corrected chi connectivity index (χ0v) is 15.2. The van der Waals surface area contributed by atoms with Crippen LogP contribution in [0.15, 0.2) is 24.3 Å². The van der Waals surface area contributed by atoms with Crippen molar-refractivity contribution in [2.45, 2.75) is 32.1 Å². The fraction of sp³-hybridized carbons (Fsp3) is 0.579. The van der Waals surface area contributed by atoms with Crippen molar-refractivity contribution < 1.29 is 14.3 Å². The van der Waals surface area contributed by atoms with Crippen LogP contribution in [0.3, 0.4) is 0 Å². The van der Waals surface area contributed by atoms with E-state index in [9.17, 15) is 9.59 Å². The van der Waals surface area contributed by atoms with Crippen molar-refractivity contribution in [1.82, 2.24) is 10.2 Å². The van der Waals surface area contributed by atoms with Crippen LogP contribution in [0.5, 0.6) is 5.75 Å². The number of likely N-dealkylation sites (tertiary alicyclic amines) is 1. The van der Waals surface area contributed by atoms with Gasteiger partial charge in [0.15, 0.2) is 0 Å². The predicted molar refractivity (Wildman–Crippen MR) is 97.4 cm³/mol. The quantitative estimate of drug-likeness (QED) is 0.783. The average molecular weight is 347 g/mol. The molecule has 1 aromatic rings. The number of nitrogens with one attached hydrogen (secondary N) is 1. The van der Waals surface area contributed by atoms with Gasteiger partial charge in [-0.2, -0.15) is 0 Å². The third kappa shape index (κ3) is 5.19. The molecule has 2 unspecified atom stereocenters. The molecular weight excluding hydrogens is 318 g/mol. The summed E-state index contributed by atoms with van der Waals surface area (Å²) in [5.74, 6) is 0.830. The van der Waals surface area contributed by atoms with Crippen LogP contribution in [0.2, 0.25) is 0 Å². The van der Waals surface area contributed by atoms with Gasteiger partial charge in [-0.15, -0.1) is 0 Å². The number of carbonyl (C=O) groups is 2. The summed E-state index contributed by atoms with van der Waals surface area (Å²) < 4.78 is 5.39. The maximum Gasteiger partial charge on any atom is 0.224 e. The molecule has 1 aromatic carbocycles. The molecule has 6 heteroatoms. The number of nitrogens with two attached hydrogens (primary N) is 1. The highest BCUT2D eigenvalue weighted by Crippen LogP contribution is 2.29. The number of amides is 2. The average Bonchev–Trinajstić information content (AvgIpc) is 2.65. The summed E-state index contributed by atoms with van der Waals surface area (Å²) in [4.78, 5) is 26.6. The maximum atomic E-state index is 12.7. The van der Waals surface area contributed by atoms with Crippen molar-refractivity contribution in [1.29, 1.82) is 0 Å². The highest BCUT2D eigenvalue weighted by molar-refractivity contribution is 5.81. The van der Waals surface area contributed by atoms with Gasteiger partial charge in [0.25, 0.3) is 0 Å². The second-order valence-electron chi connectivity index (χ2n) is 6.61. The lowest BCUT2D eigenvalue weighted by molar-refractivity contribution is -0.136. The van der Waals surface area contributed by atoms with Crippen LogP contribution in [0, 0.1) is 5.92 Å². The molecule has 1 aliphatic heterocycles. The van der Waals surface area contributed by atoms with E-state index < -0.39 is 0 Å². The van der Waals surface area contributed by atoms with Crippen LogP contribution < -0.4 is 15.8 Å². The van der Waals surface area contributed by atoms with Gasteiger partial charge >= 0.3 is 0 Å². The summed E-state index contributed by atoms with van der Waals surface area (Å²) in [5.41, 5.74) is 6.46. The molecule has 0 radical (unpaired) electrons. The van der Waals surface area contributed by atoms with Gasteiger partial charge in [-0.1, -0.05) is 25.1 Å². The molecule has 1 saturated heterocycles. The Bertz CT molecular complexity index is 591. The third-order valence-electron chi connectivity index (χ3n) is 4.74. The van der Waals surface area contributed by atoms with Gasteiger partial charge < -0.3 is 20.7 Å². The first-order valence-electron chi connectivity index (χ1n) is 8.95. The second kappa shape index (κ2) is 9.42. The Morgan fingerprint density at radius 1 is 1.40 bits per heavy atom. The van der Waals surface area contributed by atoms with Gasteiger partial charge in [-0.3, -0.25) is 9.59 Å². The molecule has 2 rings (SSSR count). The summed E-state index contributed by atoms with van der Waals surface area (Å²) in [5, 5.41) is 2.82. The summed E-state index contributed by atoms with van der Waals surface area (Å²) in [7, 11) is 1.64. The summed E-state index contributed by atoms with van der Waals surface area (Å²) in [6, 6.07) is 7.79. The third-order valence-corrected chi connectivity index (χ3v) is 4.74. The number of rotatable bonds is 7. The number of nitrogens with zero attached hydrogens (tertiary/aromatic N) is 1. The predicted octanol–water partition coefficient (Wildman–Crippen LogP) is 1.50. The van der Waals surface area contributed by atoms with E-state index in [1.54, 1.807) is 7.11 Å². The van der Waals surface area contributed by atoms with Gasteiger partial charge in [0, 0.05) is 32.6 Å². The van der Waals surface area contributed by atoms with Crippen molar-refractivity contribution in [2.75, 3.05) is 33.3 Å². The minimum atomic E-state index is -0.134. The SMILES string of the molecule is COc1ccccc1C(C)CC(=O)N1CCCC(C(=O)NCCN)C1. The van der Waals surface area contributed by atoms with Crippen molar-refractivity contribution >= 4 is 11.8 Å². The van der Waals surface area contributed by atoms with Crippen LogP contribution in [-0.4, -0.2) is 50.0 Å². The summed E-state index contributed by atoms with van der Waals surface area (Å²) in [6.07, 6.45) is 2.09. The standard InChI is InChI=1S/C19H29N3O3/c1-14(16-7-3-4-8-17(16)25-2)12-18(23)22-11-5-6-15(13-22)19(24)21-10-9-20/h3-4,7-8,14-15H,5-6,9-13,20H2,1-2H3,(H,21,24). The Morgan fingerprint density at radius 2 is 2.16 bits per heavy atom. The first-order chi connectivity index (χ1) is 12.1. The molecule has 0 spiro atoms. The van der Waals surface area contributed by atoms with Crippen molar-refractivity contribution in [3.8, 4) is 5.75 Å². The van der Waals surface area contributed by atoms with Crippen LogP contribution in [0.1, 0.15) is 37.7 Å². The Hall–Kier alpha value is -2.08. The first-order valence-corrected chi connectivity index (χ1v) is 8.95. The van der Waals surface area contributed by atoms with Crippen LogP contribution >= 0.6 is 0 Å². The number of piperidine rings is 1. The Labute approximate surface area is 149 Å². The van der Waals surface area contributed by atoms with E-state index in [0.29, 0.717) is 26.1 Å². The lowest BCUT2D eigenvalue weighted by Gasteiger charge is -2.33. The largest absolute Gasteiger partial charge is 0.496 e. The molecule has 1 fully saturated rings. The second-order valence-corrected chi connectivity index (χ2v) is 6.61. The molecule has 2 amide bonds. The van der Waals surface area contributed by atoms with Crippen LogP contribution in [-0.2, 0) is 9.59 Å². The van der Waals surface area contributed by atoms with Crippen LogP contribution in [0.25, 0.3) is 0 Å². The maximum absolute atomic E-state index is 12.7. The van der Waals surface area contributed by atoms with Crippen LogP contribution in [0.4, 0.5) is 0 Å². The zero-order chi connectivity index (χ0) is 18.2. The molecule has 0 saturated carbocycles. The monoisotopic (exact) mass is 347 g/mol. The highest BCUT2D eigenvalue weighted by Gasteiger charge is 2.29. The fourth-order valence-electron chi connectivity index (χ4n) is 3.33. The molecule has 0 aromatic heterocycles. The molecular formula is C19H29N3O3. The minimum absolute atomic E-state index is 0.000673. The van der Waals surface area contributed by atoms with E-state index in [-0.39, 0.29) is 23.7 Å². The highest BCUT2D eigenvalue weighted by atomic mass is 16.5. The van der Waals surface area contributed by atoms with E-state index in [1.165, 1.54) is 0 Å². The zero-order valence-electron chi connectivity index (χ0n) is 15.2. The number of hydrogen-bond acceptors (Lipinski definition) is 4.